The van der Waals surface area contributed by atoms with Crippen molar-refractivity contribution in [2.75, 3.05) is 0 Å². The van der Waals surface area contributed by atoms with Gasteiger partial charge < -0.3 is 10.5 Å². The van der Waals surface area contributed by atoms with Crippen molar-refractivity contribution in [3.63, 3.8) is 0 Å². The summed E-state index contributed by atoms with van der Waals surface area (Å²) in [6.45, 7) is 4.83. The van der Waals surface area contributed by atoms with Crippen LogP contribution in [-0.2, 0) is 11.3 Å². The highest BCUT2D eigenvalue weighted by Crippen LogP contribution is 2.29. The first-order valence-electron chi connectivity index (χ1n) is 4.65. The lowest BCUT2D eigenvalue weighted by molar-refractivity contribution is 0.0210. The molecule has 1 aromatic carbocycles. The quantitative estimate of drug-likeness (QED) is 0.657. The zero-order chi connectivity index (χ0) is 9.42. The van der Waals surface area contributed by atoms with Gasteiger partial charge in [0.2, 0.25) is 0 Å². The predicted molar refractivity (Wildman–Crippen MR) is 52.4 cm³/mol. The van der Waals surface area contributed by atoms with Gasteiger partial charge >= 0.3 is 0 Å². The van der Waals surface area contributed by atoms with Crippen LogP contribution in [0.2, 0.25) is 0 Å². The first-order valence-corrected chi connectivity index (χ1v) is 4.65. The fraction of sp³-hybridized carbons (Fsp3) is 0.455. The third-order valence-electron chi connectivity index (χ3n) is 2.80. The van der Waals surface area contributed by atoms with Crippen LogP contribution in [-0.4, -0.2) is 6.10 Å². The Hall–Kier alpha value is -0.860. The van der Waals surface area contributed by atoms with E-state index in [-0.39, 0.29) is 12.1 Å². The standard InChI is InChI=1S/C11H15NO/c1-7-4-3-5-9-10(7)6-13-8(2)11(9)12/h3-5,8,11H,6,12H2,1-2H3/t8-,11?/m0/s1. The van der Waals surface area contributed by atoms with Crippen molar-refractivity contribution in [3.8, 4) is 0 Å². The van der Waals surface area contributed by atoms with E-state index in [1.54, 1.807) is 0 Å². The molecular formula is C11H15NO. The minimum atomic E-state index is 0.0312. The Bertz CT molecular complexity index is 322. The summed E-state index contributed by atoms with van der Waals surface area (Å²) in [5.41, 5.74) is 9.83. The van der Waals surface area contributed by atoms with Gasteiger partial charge in [-0.25, -0.2) is 0 Å². The van der Waals surface area contributed by atoms with Crippen LogP contribution in [0.25, 0.3) is 0 Å². The molecule has 0 saturated heterocycles. The molecule has 2 N–H and O–H groups in total. The maximum atomic E-state index is 6.03. The van der Waals surface area contributed by atoms with Crippen molar-refractivity contribution in [2.45, 2.75) is 32.6 Å². The van der Waals surface area contributed by atoms with E-state index in [4.69, 9.17) is 10.5 Å². The van der Waals surface area contributed by atoms with Crippen molar-refractivity contribution >= 4 is 0 Å². The van der Waals surface area contributed by atoms with E-state index in [9.17, 15) is 0 Å². The second-order valence-corrected chi connectivity index (χ2v) is 3.68. The summed E-state index contributed by atoms with van der Waals surface area (Å²) in [7, 11) is 0. The molecule has 2 heteroatoms. The molecule has 13 heavy (non-hydrogen) atoms. The van der Waals surface area contributed by atoms with E-state index in [0.717, 1.165) is 0 Å². The lowest BCUT2D eigenvalue weighted by Crippen LogP contribution is -2.31. The highest BCUT2D eigenvalue weighted by Gasteiger charge is 2.24. The molecule has 0 radical (unpaired) electrons. The summed E-state index contributed by atoms with van der Waals surface area (Å²) in [5.74, 6) is 0. The van der Waals surface area contributed by atoms with E-state index in [2.05, 4.69) is 25.1 Å². The van der Waals surface area contributed by atoms with Gasteiger partial charge in [-0.2, -0.15) is 0 Å². The fourth-order valence-electron chi connectivity index (χ4n) is 1.81. The number of aryl methyl sites for hydroxylation is 1. The van der Waals surface area contributed by atoms with E-state index >= 15 is 0 Å². The maximum Gasteiger partial charge on any atom is 0.0744 e. The van der Waals surface area contributed by atoms with Gasteiger partial charge in [0.25, 0.3) is 0 Å². The zero-order valence-corrected chi connectivity index (χ0v) is 8.08. The molecule has 0 aliphatic carbocycles. The molecule has 0 bridgehead atoms. The topological polar surface area (TPSA) is 35.2 Å². The van der Waals surface area contributed by atoms with Gasteiger partial charge in [0.15, 0.2) is 0 Å². The van der Waals surface area contributed by atoms with Crippen LogP contribution in [0.1, 0.15) is 29.7 Å². The van der Waals surface area contributed by atoms with Crippen LogP contribution < -0.4 is 5.73 Å². The van der Waals surface area contributed by atoms with E-state index in [1.807, 2.05) is 6.92 Å². The largest absolute Gasteiger partial charge is 0.372 e. The molecule has 1 unspecified atom stereocenters. The summed E-state index contributed by atoms with van der Waals surface area (Å²) in [4.78, 5) is 0. The predicted octanol–water partition coefficient (Wildman–Crippen LogP) is 1.91. The van der Waals surface area contributed by atoms with Crippen molar-refractivity contribution in [3.05, 3.63) is 34.9 Å². The Morgan fingerprint density at radius 3 is 3.00 bits per heavy atom. The third kappa shape index (κ3) is 1.36. The molecule has 0 amide bonds. The Morgan fingerprint density at radius 1 is 1.46 bits per heavy atom. The number of fused-ring (bicyclic) bond motifs is 1. The molecule has 2 rings (SSSR count). The molecule has 1 aromatic rings. The van der Waals surface area contributed by atoms with Gasteiger partial charge in [0.1, 0.15) is 0 Å². The van der Waals surface area contributed by atoms with Crippen molar-refractivity contribution in [2.24, 2.45) is 5.73 Å². The summed E-state index contributed by atoms with van der Waals surface area (Å²) < 4.78 is 5.57. The average molecular weight is 177 g/mol. The lowest BCUT2D eigenvalue weighted by atomic mass is 9.92. The number of rotatable bonds is 0. The van der Waals surface area contributed by atoms with Crippen molar-refractivity contribution in [1.82, 2.24) is 0 Å². The molecular weight excluding hydrogens is 162 g/mol. The zero-order valence-electron chi connectivity index (χ0n) is 8.08. The van der Waals surface area contributed by atoms with Gasteiger partial charge in [-0.05, 0) is 30.5 Å². The summed E-state index contributed by atoms with van der Waals surface area (Å²) in [5, 5.41) is 0. The lowest BCUT2D eigenvalue weighted by Gasteiger charge is -2.29. The normalized spacial score (nSPS) is 27.0. The molecule has 1 aliphatic heterocycles. The van der Waals surface area contributed by atoms with E-state index in [1.165, 1.54) is 16.7 Å². The Balaban J connectivity index is 2.49. The Kier molecular flexibility index (Phi) is 2.10. The van der Waals surface area contributed by atoms with Gasteiger partial charge in [-0.1, -0.05) is 18.2 Å². The van der Waals surface area contributed by atoms with Gasteiger partial charge in [0.05, 0.1) is 18.8 Å². The second-order valence-electron chi connectivity index (χ2n) is 3.68. The van der Waals surface area contributed by atoms with Crippen LogP contribution in [0.4, 0.5) is 0 Å². The molecule has 0 saturated carbocycles. The molecule has 0 aromatic heterocycles. The number of nitrogens with two attached hydrogens (primary N) is 1. The SMILES string of the molecule is Cc1cccc2c1CO[C@@H](C)C2N. The minimum absolute atomic E-state index is 0.0312. The number of hydrogen-bond donors (Lipinski definition) is 1. The number of hydrogen-bond acceptors (Lipinski definition) is 2. The van der Waals surface area contributed by atoms with Crippen molar-refractivity contribution < 1.29 is 4.74 Å². The van der Waals surface area contributed by atoms with E-state index < -0.39 is 0 Å². The van der Waals surface area contributed by atoms with Crippen LogP contribution in [0, 0.1) is 6.92 Å². The first kappa shape index (κ1) is 8.73. The molecule has 0 fully saturated rings. The Morgan fingerprint density at radius 2 is 2.23 bits per heavy atom. The monoisotopic (exact) mass is 177 g/mol. The average Bonchev–Trinajstić information content (AvgIpc) is 2.12. The molecule has 70 valence electrons. The van der Waals surface area contributed by atoms with E-state index in [0.29, 0.717) is 6.61 Å². The highest BCUT2D eigenvalue weighted by atomic mass is 16.5. The molecule has 1 aliphatic rings. The highest BCUT2D eigenvalue weighted by molar-refractivity contribution is 5.37. The first-order chi connectivity index (χ1) is 6.20. The van der Waals surface area contributed by atoms with Gasteiger partial charge in [-0.3, -0.25) is 0 Å². The third-order valence-corrected chi connectivity index (χ3v) is 2.80. The molecule has 2 atom stereocenters. The molecule has 2 nitrogen and oxygen atoms in total. The number of benzene rings is 1. The maximum absolute atomic E-state index is 6.03. The van der Waals surface area contributed by atoms with Gasteiger partial charge in [0, 0.05) is 0 Å². The van der Waals surface area contributed by atoms with Crippen LogP contribution >= 0.6 is 0 Å². The van der Waals surface area contributed by atoms with Crippen LogP contribution in [0.5, 0.6) is 0 Å². The second kappa shape index (κ2) is 3.13. The summed E-state index contributed by atoms with van der Waals surface area (Å²) in [6.07, 6.45) is 0.134. The number of ether oxygens (including phenoxy) is 1. The van der Waals surface area contributed by atoms with Gasteiger partial charge in [-0.15, -0.1) is 0 Å². The fourth-order valence-corrected chi connectivity index (χ4v) is 1.81. The molecule has 1 heterocycles. The van der Waals surface area contributed by atoms with Crippen LogP contribution in [0.3, 0.4) is 0 Å². The van der Waals surface area contributed by atoms with Crippen molar-refractivity contribution in [1.29, 1.82) is 0 Å². The molecule has 0 spiro atoms. The van der Waals surface area contributed by atoms with Crippen LogP contribution in [0.15, 0.2) is 18.2 Å². The Labute approximate surface area is 78.7 Å². The summed E-state index contributed by atoms with van der Waals surface area (Å²) in [6, 6.07) is 6.30. The minimum Gasteiger partial charge on any atom is -0.372 e. The smallest absolute Gasteiger partial charge is 0.0744 e. The summed E-state index contributed by atoms with van der Waals surface area (Å²) >= 11 is 0.